The summed E-state index contributed by atoms with van der Waals surface area (Å²) in [7, 11) is 0. The molecule has 2 heteroatoms. The third kappa shape index (κ3) is 2.44. The molecular weight excluding hydrogens is 222 g/mol. The summed E-state index contributed by atoms with van der Waals surface area (Å²) in [6, 6.07) is 7.23. The molecule has 1 aromatic rings. The van der Waals surface area contributed by atoms with E-state index in [1.165, 1.54) is 30.4 Å². The second kappa shape index (κ2) is 4.43. The summed E-state index contributed by atoms with van der Waals surface area (Å²) >= 11 is 0. The van der Waals surface area contributed by atoms with E-state index in [4.69, 9.17) is 4.74 Å². The lowest BCUT2D eigenvalue weighted by Gasteiger charge is -2.29. The van der Waals surface area contributed by atoms with Crippen molar-refractivity contribution in [3.8, 4) is 5.75 Å². The maximum Gasteiger partial charge on any atom is 0.127 e. The van der Waals surface area contributed by atoms with Gasteiger partial charge in [0, 0.05) is 18.2 Å². The van der Waals surface area contributed by atoms with Crippen LogP contribution in [0.4, 0.5) is 0 Å². The van der Waals surface area contributed by atoms with Crippen LogP contribution < -0.4 is 10.1 Å². The van der Waals surface area contributed by atoms with Gasteiger partial charge in [-0.3, -0.25) is 0 Å². The topological polar surface area (TPSA) is 21.3 Å². The Hall–Kier alpha value is -1.28. The second-order valence-corrected chi connectivity index (χ2v) is 5.92. The molecule has 96 valence electrons. The lowest BCUT2D eigenvalue weighted by atomic mass is 9.93. The lowest BCUT2D eigenvalue weighted by Crippen LogP contribution is -2.34. The highest BCUT2D eigenvalue weighted by Gasteiger charge is 2.21. The fraction of sp³-hybridized carbons (Fsp3) is 0.500. The molecule has 1 aliphatic carbocycles. The Kier molecular flexibility index (Phi) is 2.90. The minimum Gasteiger partial charge on any atom is -0.483 e. The predicted molar refractivity (Wildman–Crippen MR) is 74.7 cm³/mol. The molecule has 0 amide bonds. The molecule has 0 radical (unpaired) electrons. The van der Waals surface area contributed by atoms with Gasteiger partial charge in [-0.2, -0.15) is 0 Å². The van der Waals surface area contributed by atoms with Gasteiger partial charge in [-0.25, -0.2) is 0 Å². The minimum absolute atomic E-state index is 0.182. The van der Waals surface area contributed by atoms with Crippen molar-refractivity contribution in [2.75, 3.05) is 0 Å². The molecule has 0 atom stereocenters. The maximum atomic E-state index is 5.92. The van der Waals surface area contributed by atoms with Crippen molar-refractivity contribution in [3.05, 3.63) is 35.4 Å². The molecule has 1 heterocycles. The summed E-state index contributed by atoms with van der Waals surface area (Å²) in [4.78, 5) is 0. The van der Waals surface area contributed by atoms with Crippen molar-refractivity contribution < 1.29 is 4.74 Å². The zero-order chi connectivity index (χ0) is 12.6. The normalized spacial score (nSPS) is 21.0. The fourth-order valence-electron chi connectivity index (χ4n) is 2.41. The van der Waals surface area contributed by atoms with Gasteiger partial charge in [0.05, 0.1) is 0 Å². The van der Waals surface area contributed by atoms with Crippen LogP contribution in [0.25, 0.3) is 6.08 Å². The molecule has 1 N–H and O–H groups in total. The molecule has 1 aromatic carbocycles. The first-order valence-electron chi connectivity index (χ1n) is 6.87. The number of benzene rings is 1. The number of hydrogen-bond donors (Lipinski definition) is 1. The minimum atomic E-state index is -0.182. The number of rotatable bonds is 3. The molecular formula is C16H21NO. The smallest absolute Gasteiger partial charge is 0.127 e. The van der Waals surface area contributed by atoms with Crippen molar-refractivity contribution in [3.63, 3.8) is 0 Å². The summed E-state index contributed by atoms with van der Waals surface area (Å²) in [6.45, 7) is 5.13. The number of hydrogen-bond acceptors (Lipinski definition) is 2. The Morgan fingerprint density at radius 1 is 1.33 bits per heavy atom. The molecule has 0 bridgehead atoms. The quantitative estimate of drug-likeness (QED) is 0.877. The molecule has 3 rings (SSSR count). The highest BCUT2D eigenvalue weighted by molar-refractivity contribution is 5.61. The summed E-state index contributed by atoms with van der Waals surface area (Å²) in [5, 5.41) is 3.59. The van der Waals surface area contributed by atoms with Gasteiger partial charge in [0.2, 0.25) is 0 Å². The van der Waals surface area contributed by atoms with E-state index in [-0.39, 0.29) is 5.60 Å². The van der Waals surface area contributed by atoms with E-state index in [1.54, 1.807) is 0 Å². The Morgan fingerprint density at radius 3 is 2.89 bits per heavy atom. The standard InChI is InChI=1S/C16H21NO/c1-16(2)9-8-13-10-12(6-7-15(13)18-16)11-17-14-4-3-5-14/h6-10,14,17H,3-5,11H2,1-2H3. The first-order valence-corrected chi connectivity index (χ1v) is 6.87. The van der Waals surface area contributed by atoms with Crippen LogP contribution in [0.15, 0.2) is 24.3 Å². The Labute approximate surface area is 109 Å². The predicted octanol–water partition coefficient (Wildman–Crippen LogP) is 3.51. The zero-order valence-corrected chi connectivity index (χ0v) is 11.2. The Bertz CT molecular complexity index is 472. The van der Waals surface area contributed by atoms with E-state index < -0.39 is 0 Å². The lowest BCUT2D eigenvalue weighted by molar-refractivity contribution is 0.159. The molecule has 1 aliphatic heterocycles. The van der Waals surface area contributed by atoms with E-state index in [1.807, 2.05) is 0 Å². The molecule has 18 heavy (non-hydrogen) atoms. The van der Waals surface area contributed by atoms with Crippen molar-refractivity contribution in [2.45, 2.75) is 51.3 Å². The molecule has 1 fully saturated rings. The third-order valence-electron chi connectivity index (χ3n) is 3.81. The van der Waals surface area contributed by atoms with Gasteiger partial charge in [0.1, 0.15) is 11.4 Å². The van der Waals surface area contributed by atoms with Crippen LogP contribution >= 0.6 is 0 Å². The SMILES string of the molecule is CC1(C)C=Cc2cc(CNC3CCC3)ccc2O1. The van der Waals surface area contributed by atoms with Gasteiger partial charge < -0.3 is 10.1 Å². The molecule has 0 aromatic heterocycles. The molecule has 2 nitrogen and oxygen atoms in total. The van der Waals surface area contributed by atoms with Gasteiger partial charge in [-0.1, -0.05) is 18.6 Å². The molecule has 1 saturated carbocycles. The highest BCUT2D eigenvalue weighted by Crippen LogP contribution is 2.31. The summed E-state index contributed by atoms with van der Waals surface area (Å²) in [6.07, 6.45) is 8.35. The maximum absolute atomic E-state index is 5.92. The highest BCUT2D eigenvalue weighted by atomic mass is 16.5. The average molecular weight is 243 g/mol. The van der Waals surface area contributed by atoms with E-state index in [2.05, 4.69) is 49.5 Å². The van der Waals surface area contributed by atoms with Gasteiger partial charge in [-0.05, 0) is 50.5 Å². The fourth-order valence-corrected chi connectivity index (χ4v) is 2.41. The number of nitrogens with one attached hydrogen (secondary N) is 1. The molecule has 0 unspecified atom stereocenters. The summed E-state index contributed by atoms with van der Waals surface area (Å²) in [5.41, 5.74) is 2.36. The van der Waals surface area contributed by atoms with E-state index >= 15 is 0 Å². The van der Waals surface area contributed by atoms with E-state index in [9.17, 15) is 0 Å². The van der Waals surface area contributed by atoms with Gasteiger partial charge in [0.25, 0.3) is 0 Å². The van der Waals surface area contributed by atoms with Crippen molar-refractivity contribution in [2.24, 2.45) is 0 Å². The van der Waals surface area contributed by atoms with Crippen LogP contribution in [0.3, 0.4) is 0 Å². The Balaban J connectivity index is 1.71. The van der Waals surface area contributed by atoms with Gasteiger partial charge in [0.15, 0.2) is 0 Å². The van der Waals surface area contributed by atoms with Crippen molar-refractivity contribution in [1.82, 2.24) is 5.32 Å². The Morgan fingerprint density at radius 2 is 2.17 bits per heavy atom. The first kappa shape index (κ1) is 11.8. The van der Waals surface area contributed by atoms with Crippen LogP contribution in [0.5, 0.6) is 5.75 Å². The molecule has 2 aliphatic rings. The molecule has 0 spiro atoms. The van der Waals surface area contributed by atoms with Crippen LogP contribution in [-0.4, -0.2) is 11.6 Å². The summed E-state index contributed by atoms with van der Waals surface area (Å²) in [5.74, 6) is 0.995. The largest absolute Gasteiger partial charge is 0.483 e. The summed E-state index contributed by atoms with van der Waals surface area (Å²) < 4.78 is 5.92. The van der Waals surface area contributed by atoms with E-state index in [0.717, 1.165) is 18.3 Å². The van der Waals surface area contributed by atoms with Gasteiger partial charge >= 0.3 is 0 Å². The second-order valence-electron chi connectivity index (χ2n) is 5.92. The number of fused-ring (bicyclic) bond motifs is 1. The molecule has 0 saturated heterocycles. The van der Waals surface area contributed by atoms with Crippen molar-refractivity contribution >= 4 is 6.08 Å². The third-order valence-corrected chi connectivity index (χ3v) is 3.81. The van der Waals surface area contributed by atoms with Crippen LogP contribution in [0, 0.1) is 0 Å². The van der Waals surface area contributed by atoms with Crippen LogP contribution in [0.1, 0.15) is 44.2 Å². The van der Waals surface area contributed by atoms with Crippen molar-refractivity contribution in [1.29, 1.82) is 0 Å². The van der Waals surface area contributed by atoms with Gasteiger partial charge in [-0.15, -0.1) is 0 Å². The number of ether oxygens (including phenoxy) is 1. The monoisotopic (exact) mass is 243 g/mol. The van der Waals surface area contributed by atoms with Crippen LogP contribution in [0.2, 0.25) is 0 Å². The van der Waals surface area contributed by atoms with Crippen LogP contribution in [-0.2, 0) is 6.54 Å². The van der Waals surface area contributed by atoms with E-state index in [0.29, 0.717) is 0 Å². The zero-order valence-electron chi connectivity index (χ0n) is 11.2. The average Bonchev–Trinajstić information content (AvgIpc) is 2.26. The first-order chi connectivity index (χ1) is 8.62.